The van der Waals surface area contributed by atoms with E-state index in [1.54, 1.807) is 6.07 Å². The predicted octanol–water partition coefficient (Wildman–Crippen LogP) is 3.59. The van der Waals surface area contributed by atoms with Crippen LogP contribution < -0.4 is 5.32 Å². The molecule has 0 radical (unpaired) electrons. The second-order valence-corrected chi connectivity index (χ2v) is 4.61. The molecule has 20 heavy (non-hydrogen) atoms. The average molecular weight is 261 g/mol. The van der Waals surface area contributed by atoms with E-state index in [1.807, 2.05) is 49.4 Å². The monoisotopic (exact) mass is 261 g/mol. The van der Waals surface area contributed by atoms with Crippen molar-refractivity contribution in [1.29, 1.82) is 10.5 Å². The SMILES string of the molecule is Cc1ccc(C#N)cc1NCC(C#N)c1ccccc1. The minimum atomic E-state index is -0.207. The topological polar surface area (TPSA) is 59.6 Å². The van der Waals surface area contributed by atoms with Crippen LogP contribution in [0.15, 0.2) is 48.5 Å². The molecule has 2 rings (SSSR count). The smallest absolute Gasteiger partial charge is 0.0992 e. The number of hydrogen-bond donors (Lipinski definition) is 1. The molecule has 0 aliphatic carbocycles. The van der Waals surface area contributed by atoms with Crippen molar-refractivity contribution < 1.29 is 0 Å². The van der Waals surface area contributed by atoms with Crippen LogP contribution in [0, 0.1) is 29.6 Å². The van der Waals surface area contributed by atoms with Gasteiger partial charge in [0.25, 0.3) is 0 Å². The molecular formula is C17H15N3. The molecule has 0 bridgehead atoms. The zero-order valence-electron chi connectivity index (χ0n) is 11.3. The first-order chi connectivity index (χ1) is 9.74. The lowest BCUT2D eigenvalue weighted by Gasteiger charge is -2.14. The van der Waals surface area contributed by atoms with Crippen LogP contribution >= 0.6 is 0 Å². The van der Waals surface area contributed by atoms with E-state index in [1.165, 1.54) is 0 Å². The fourth-order valence-electron chi connectivity index (χ4n) is 2.02. The number of nitrogens with one attached hydrogen (secondary N) is 1. The van der Waals surface area contributed by atoms with Crippen molar-refractivity contribution in [3.05, 3.63) is 65.2 Å². The molecule has 0 aliphatic heterocycles. The molecule has 0 heterocycles. The molecule has 98 valence electrons. The molecule has 0 fully saturated rings. The largest absolute Gasteiger partial charge is 0.383 e. The number of anilines is 1. The van der Waals surface area contributed by atoms with Crippen molar-refractivity contribution >= 4 is 5.69 Å². The van der Waals surface area contributed by atoms with Gasteiger partial charge in [0, 0.05) is 12.2 Å². The first-order valence-electron chi connectivity index (χ1n) is 6.44. The van der Waals surface area contributed by atoms with Gasteiger partial charge in [-0.15, -0.1) is 0 Å². The van der Waals surface area contributed by atoms with Crippen LogP contribution in [0.5, 0.6) is 0 Å². The third-order valence-electron chi connectivity index (χ3n) is 3.22. The normalized spacial score (nSPS) is 11.2. The molecule has 0 aliphatic rings. The van der Waals surface area contributed by atoms with Gasteiger partial charge in [0.15, 0.2) is 0 Å². The average Bonchev–Trinajstić information content (AvgIpc) is 2.50. The van der Waals surface area contributed by atoms with E-state index in [0.29, 0.717) is 12.1 Å². The second-order valence-electron chi connectivity index (χ2n) is 4.61. The third kappa shape index (κ3) is 3.16. The van der Waals surface area contributed by atoms with Gasteiger partial charge in [-0.1, -0.05) is 36.4 Å². The molecule has 0 saturated heterocycles. The highest BCUT2D eigenvalue weighted by Gasteiger charge is 2.10. The van der Waals surface area contributed by atoms with Crippen LogP contribution in [-0.4, -0.2) is 6.54 Å². The lowest BCUT2D eigenvalue weighted by atomic mass is 10.0. The molecule has 3 heteroatoms. The summed E-state index contributed by atoms with van der Waals surface area (Å²) < 4.78 is 0. The van der Waals surface area contributed by atoms with Crippen LogP contribution in [-0.2, 0) is 0 Å². The second kappa shape index (κ2) is 6.41. The first kappa shape index (κ1) is 13.6. The molecule has 1 N–H and O–H groups in total. The van der Waals surface area contributed by atoms with Crippen molar-refractivity contribution in [3.8, 4) is 12.1 Å². The highest BCUT2D eigenvalue weighted by molar-refractivity contribution is 5.55. The minimum Gasteiger partial charge on any atom is -0.383 e. The van der Waals surface area contributed by atoms with E-state index in [4.69, 9.17) is 5.26 Å². The highest BCUT2D eigenvalue weighted by Crippen LogP contribution is 2.20. The molecular weight excluding hydrogens is 246 g/mol. The van der Waals surface area contributed by atoms with Gasteiger partial charge in [0.05, 0.1) is 23.6 Å². The molecule has 3 nitrogen and oxygen atoms in total. The molecule has 0 amide bonds. The maximum atomic E-state index is 9.29. The van der Waals surface area contributed by atoms with Gasteiger partial charge in [-0.3, -0.25) is 0 Å². The van der Waals surface area contributed by atoms with E-state index in [-0.39, 0.29) is 5.92 Å². The standard InChI is InChI=1S/C17H15N3/c1-13-7-8-14(10-18)9-17(13)20-12-16(11-19)15-5-3-2-4-6-15/h2-9,16,20H,12H2,1H3. The summed E-state index contributed by atoms with van der Waals surface area (Å²) >= 11 is 0. The van der Waals surface area contributed by atoms with E-state index < -0.39 is 0 Å². The molecule has 2 aromatic carbocycles. The summed E-state index contributed by atoms with van der Waals surface area (Å²) in [6, 6.07) is 19.6. The van der Waals surface area contributed by atoms with Crippen LogP contribution in [0.25, 0.3) is 0 Å². The Morgan fingerprint density at radius 3 is 2.50 bits per heavy atom. The van der Waals surface area contributed by atoms with Crippen LogP contribution in [0.4, 0.5) is 5.69 Å². The quantitative estimate of drug-likeness (QED) is 0.915. The summed E-state index contributed by atoms with van der Waals surface area (Å²) in [5.74, 6) is -0.207. The molecule has 0 spiro atoms. The first-order valence-corrected chi connectivity index (χ1v) is 6.44. The molecule has 2 aromatic rings. The Kier molecular flexibility index (Phi) is 4.37. The van der Waals surface area contributed by atoms with Gasteiger partial charge in [0.1, 0.15) is 0 Å². The number of hydrogen-bond acceptors (Lipinski definition) is 3. The fourth-order valence-corrected chi connectivity index (χ4v) is 2.02. The van der Waals surface area contributed by atoms with Crippen molar-refractivity contribution in [2.45, 2.75) is 12.8 Å². The maximum absolute atomic E-state index is 9.29. The Balaban J connectivity index is 2.12. The summed E-state index contributed by atoms with van der Waals surface area (Å²) in [6.45, 7) is 2.50. The van der Waals surface area contributed by atoms with E-state index >= 15 is 0 Å². The number of nitrogens with zero attached hydrogens (tertiary/aromatic N) is 2. The van der Waals surface area contributed by atoms with Crippen molar-refractivity contribution in [2.75, 3.05) is 11.9 Å². The van der Waals surface area contributed by atoms with Crippen molar-refractivity contribution in [2.24, 2.45) is 0 Å². The van der Waals surface area contributed by atoms with Gasteiger partial charge < -0.3 is 5.32 Å². The molecule has 0 aromatic heterocycles. The Labute approximate surface area is 119 Å². The van der Waals surface area contributed by atoms with Crippen molar-refractivity contribution in [3.63, 3.8) is 0 Å². The predicted molar refractivity (Wildman–Crippen MR) is 79.2 cm³/mol. The molecule has 0 saturated carbocycles. The summed E-state index contributed by atoms with van der Waals surface area (Å²) in [6.07, 6.45) is 0. The van der Waals surface area contributed by atoms with Gasteiger partial charge in [0.2, 0.25) is 0 Å². The maximum Gasteiger partial charge on any atom is 0.0992 e. The van der Waals surface area contributed by atoms with Gasteiger partial charge in [-0.2, -0.15) is 10.5 Å². The van der Waals surface area contributed by atoms with Crippen LogP contribution in [0.1, 0.15) is 22.6 Å². The number of aryl methyl sites for hydroxylation is 1. The van der Waals surface area contributed by atoms with E-state index in [2.05, 4.69) is 17.5 Å². The Bertz CT molecular complexity index is 663. The number of rotatable bonds is 4. The Morgan fingerprint density at radius 2 is 1.85 bits per heavy atom. The van der Waals surface area contributed by atoms with Gasteiger partial charge in [-0.05, 0) is 30.2 Å². The lowest BCUT2D eigenvalue weighted by Crippen LogP contribution is -2.12. The molecule has 1 unspecified atom stereocenters. The van der Waals surface area contributed by atoms with E-state index in [0.717, 1.165) is 16.8 Å². The number of nitriles is 2. The summed E-state index contributed by atoms with van der Waals surface area (Å²) in [5, 5.41) is 21.5. The van der Waals surface area contributed by atoms with Gasteiger partial charge >= 0.3 is 0 Å². The number of benzene rings is 2. The Hall–Kier alpha value is -2.78. The van der Waals surface area contributed by atoms with Crippen LogP contribution in [0.2, 0.25) is 0 Å². The molecule has 1 atom stereocenters. The lowest BCUT2D eigenvalue weighted by molar-refractivity contribution is 0.899. The zero-order valence-corrected chi connectivity index (χ0v) is 11.3. The summed E-state index contributed by atoms with van der Waals surface area (Å²) in [7, 11) is 0. The third-order valence-corrected chi connectivity index (χ3v) is 3.22. The highest BCUT2D eigenvalue weighted by atomic mass is 14.9. The minimum absolute atomic E-state index is 0.207. The zero-order chi connectivity index (χ0) is 14.4. The van der Waals surface area contributed by atoms with Crippen molar-refractivity contribution in [1.82, 2.24) is 0 Å². The fraction of sp³-hybridized carbons (Fsp3) is 0.176. The summed E-state index contributed by atoms with van der Waals surface area (Å²) in [5.41, 5.74) is 3.58. The summed E-state index contributed by atoms with van der Waals surface area (Å²) in [4.78, 5) is 0. The van der Waals surface area contributed by atoms with Gasteiger partial charge in [-0.25, -0.2) is 0 Å². The Morgan fingerprint density at radius 1 is 1.10 bits per heavy atom. The van der Waals surface area contributed by atoms with Crippen LogP contribution in [0.3, 0.4) is 0 Å². The van der Waals surface area contributed by atoms with E-state index in [9.17, 15) is 5.26 Å².